The van der Waals surface area contributed by atoms with Crippen LogP contribution in [0.25, 0.3) is 0 Å². The van der Waals surface area contributed by atoms with Crippen LogP contribution in [-0.4, -0.2) is 26.6 Å². The second kappa shape index (κ2) is 7.80. The first kappa shape index (κ1) is 16.4. The highest BCUT2D eigenvalue weighted by molar-refractivity contribution is 9.10. The van der Waals surface area contributed by atoms with E-state index in [1.54, 1.807) is 11.9 Å². The molecule has 0 heterocycles. The summed E-state index contributed by atoms with van der Waals surface area (Å²) in [5.41, 5.74) is 1.88. The summed E-state index contributed by atoms with van der Waals surface area (Å²) < 4.78 is 26.0. The zero-order chi connectivity index (χ0) is 14.4. The van der Waals surface area contributed by atoms with E-state index in [2.05, 4.69) is 35.1 Å². The maximum atomic E-state index is 12.5. The molecule has 0 bridgehead atoms. The van der Waals surface area contributed by atoms with Crippen LogP contribution in [0.2, 0.25) is 0 Å². The number of nitrogens with zero attached hydrogens (tertiary/aromatic N) is 1. The highest BCUT2D eigenvalue weighted by atomic mass is 79.9. The van der Waals surface area contributed by atoms with Crippen molar-refractivity contribution >= 4 is 21.6 Å². The molecule has 1 unspecified atom stereocenters. The summed E-state index contributed by atoms with van der Waals surface area (Å²) >= 11 is 3.44. The second-order valence-corrected chi connectivity index (χ2v) is 5.57. The van der Waals surface area contributed by atoms with E-state index in [1.807, 2.05) is 18.2 Å². The molecule has 0 aliphatic heterocycles. The Morgan fingerprint density at radius 1 is 1.37 bits per heavy atom. The summed E-state index contributed by atoms with van der Waals surface area (Å²) in [6.07, 6.45) is -1.29. The topological polar surface area (TPSA) is 15.3 Å². The lowest BCUT2D eigenvalue weighted by Crippen LogP contribution is -2.27. The Hall–Kier alpha value is -0.680. The fourth-order valence-corrected chi connectivity index (χ4v) is 2.37. The van der Waals surface area contributed by atoms with Gasteiger partial charge in [-0.2, -0.15) is 0 Å². The van der Waals surface area contributed by atoms with Crippen molar-refractivity contribution < 1.29 is 8.78 Å². The third-order valence-electron chi connectivity index (χ3n) is 2.98. The number of nitrogens with one attached hydrogen (secondary N) is 1. The van der Waals surface area contributed by atoms with E-state index in [0.29, 0.717) is 0 Å². The van der Waals surface area contributed by atoms with E-state index in [-0.39, 0.29) is 12.6 Å². The number of alkyl halides is 2. The van der Waals surface area contributed by atoms with Crippen LogP contribution in [0.15, 0.2) is 22.7 Å². The molecule has 1 aromatic carbocycles. The predicted molar refractivity (Wildman–Crippen MR) is 80.1 cm³/mol. The lowest BCUT2D eigenvalue weighted by atomic mass is 10.1. The fourth-order valence-electron chi connectivity index (χ4n) is 2.00. The molecule has 1 N–H and O–H groups in total. The van der Waals surface area contributed by atoms with Gasteiger partial charge in [-0.25, -0.2) is 8.78 Å². The van der Waals surface area contributed by atoms with Gasteiger partial charge in [0.1, 0.15) is 0 Å². The summed E-state index contributed by atoms with van der Waals surface area (Å²) in [4.78, 5) is 1.61. The first-order valence-corrected chi connectivity index (χ1v) is 7.27. The van der Waals surface area contributed by atoms with Crippen LogP contribution in [0, 0.1) is 0 Å². The zero-order valence-corrected chi connectivity index (χ0v) is 13.2. The Morgan fingerprint density at radius 3 is 2.63 bits per heavy atom. The molecule has 5 heteroatoms. The van der Waals surface area contributed by atoms with Crippen LogP contribution in [0.1, 0.15) is 31.9 Å². The zero-order valence-electron chi connectivity index (χ0n) is 11.6. The highest BCUT2D eigenvalue weighted by Crippen LogP contribution is 2.29. The van der Waals surface area contributed by atoms with E-state index < -0.39 is 6.43 Å². The number of anilines is 1. The minimum absolute atomic E-state index is 0.132. The number of hydrogen-bond acceptors (Lipinski definition) is 2. The molecule has 0 radical (unpaired) electrons. The van der Waals surface area contributed by atoms with Crippen LogP contribution in [0.5, 0.6) is 0 Å². The molecule has 1 rings (SSSR count). The van der Waals surface area contributed by atoms with Crippen molar-refractivity contribution in [1.29, 1.82) is 0 Å². The average molecular weight is 335 g/mol. The van der Waals surface area contributed by atoms with Crippen molar-refractivity contribution in [1.82, 2.24) is 5.32 Å². The first-order valence-electron chi connectivity index (χ1n) is 6.47. The van der Waals surface area contributed by atoms with Crippen LogP contribution in [-0.2, 0) is 0 Å². The summed E-state index contributed by atoms with van der Waals surface area (Å²) in [5.74, 6) is 0. The van der Waals surface area contributed by atoms with Crippen molar-refractivity contribution in [3.63, 3.8) is 0 Å². The normalized spacial score (nSPS) is 12.8. The quantitative estimate of drug-likeness (QED) is 0.803. The minimum Gasteiger partial charge on any atom is -0.369 e. The standard InChI is InChI=1S/C14H21BrF2N2/c1-4-7-18-10(2)12-8-11(15)5-6-13(12)19(3)9-14(16)17/h5-6,8,10,14,18H,4,7,9H2,1-3H3. The van der Waals surface area contributed by atoms with Crippen molar-refractivity contribution in [3.05, 3.63) is 28.2 Å². The van der Waals surface area contributed by atoms with Gasteiger partial charge in [-0.05, 0) is 43.7 Å². The molecule has 0 amide bonds. The van der Waals surface area contributed by atoms with Gasteiger partial charge < -0.3 is 10.2 Å². The lowest BCUT2D eigenvalue weighted by molar-refractivity contribution is 0.156. The summed E-state index contributed by atoms with van der Waals surface area (Å²) in [6.45, 7) is 4.81. The van der Waals surface area contributed by atoms with E-state index in [0.717, 1.165) is 28.7 Å². The molecule has 0 fully saturated rings. The molecular weight excluding hydrogens is 314 g/mol. The molecule has 2 nitrogen and oxygen atoms in total. The van der Waals surface area contributed by atoms with Gasteiger partial charge in [0.2, 0.25) is 0 Å². The largest absolute Gasteiger partial charge is 0.369 e. The smallest absolute Gasteiger partial charge is 0.255 e. The Kier molecular flexibility index (Phi) is 6.72. The van der Waals surface area contributed by atoms with Gasteiger partial charge in [-0.1, -0.05) is 22.9 Å². The van der Waals surface area contributed by atoms with Crippen LogP contribution >= 0.6 is 15.9 Å². The van der Waals surface area contributed by atoms with Gasteiger partial charge in [0, 0.05) is 23.2 Å². The summed E-state index contributed by atoms with van der Waals surface area (Å²) in [5, 5.41) is 3.39. The van der Waals surface area contributed by atoms with Gasteiger partial charge in [-0.3, -0.25) is 0 Å². The number of halogens is 3. The van der Waals surface area contributed by atoms with Crippen LogP contribution in [0.4, 0.5) is 14.5 Å². The molecule has 1 aromatic rings. The number of hydrogen-bond donors (Lipinski definition) is 1. The van der Waals surface area contributed by atoms with Crippen molar-refractivity contribution in [2.75, 3.05) is 25.0 Å². The second-order valence-electron chi connectivity index (χ2n) is 4.65. The minimum atomic E-state index is -2.33. The van der Waals surface area contributed by atoms with E-state index >= 15 is 0 Å². The SMILES string of the molecule is CCCNC(C)c1cc(Br)ccc1N(C)CC(F)F. The molecule has 0 saturated carbocycles. The van der Waals surface area contributed by atoms with E-state index in [1.165, 1.54) is 0 Å². The third kappa shape index (κ3) is 5.07. The van der Waals surface area contributed by atoms with Crippen LogP contribution in [0.3, 0.4) is 0 Å². The Balaban J connectivity index is 2.96. The number of benzene rings is 1. The Bertz CT molecular complexity index is 399. The van der Waals surface area contributed by atoms with Gasteiger partial charge in [0.05, 0.1) is 6.54 Å². The van der Waals surface area contributed by atoms with E-state index in [9.17, 15) is 8.78 Å². The Morgan fingerprint density at radius 2 is 2.05 bits per heavy atom. The van der Waals surface area contributed by atoms with Crippen molar-refractivity contribution in [3.8, 4) is 0 Å². The van der Waals surface area contributed by atoms with E-state index in [4.69, 9.17) is 0 Å². The molecule has 0 aliphatic rings. The monoisotopic (exact) mass is 334 g/mol. The molecule has 0 aromatic heterocycles. The molecule has 0 spiro atoms. The molecule has 1 atom stereocenters. The maximum Gasteiger partial charge on any atom is 0.255 e. The molecule has 0 saturated heterocycles. The van der Waals surface area contributed by atoms with Gasteiger partial charge in [0.25, 0.3) is 6.43 Å². The van der Waals surface area contributed by atoms with Gasteiger partial charge in [0.15, 0.2) is 0 Å². The van der Waals surface area contributed by atoms with Gasteiger partial charge in [-0.15, -0.1) is 0 Å². The summed E-state index contributed by atoms with van der Waals surface area (Å²) in [7, 11) is 1.70. The van der Waals surface area contributed by atoms with Gasteiger partial charge >= 0.3 is 0 Å². The predicted octanol–water partition coefficient (Wildman–Crippen LogP) is 4.21. The summed E-state index contributed by atoms with van der Waals surface area (Å²) in [6, 6.07) is 5.89. The van der Waals surface area contributed by atoms with Crippen molar-refractivity contribution in [2.24, 2.45) is 0 Å². The molecule has 108 valence electrons. The van der Waals surface area contributed by atoms with Crippen LogP contribution < -0.4 is 10.2 Å². The molecule has 0 aliphatic carbocycles. The average Bonchev–Trinajstić information content (AvgIpc) is 2.34. The Labute approximate surface area is 122 Å². The first-order chi connectivity index (χ1) is 8.95. The lowest BCUT2D eigenvalue weighted by Gasteiger charge is -2.25. The molecule has 19 heavy (non-hydrogen) atoms. The highest BCUT2D eigenvalue weighted by Gasteiger charge is 2.16. The number of rotatable bonds is 7. The maximum absolute atomic E-state index is 12.5. The fraction of sp³-hybridized carbons (Fsp3) is 0.571. The molecular formula is C14H21BrF2N2. The third-order valence-corrected chi connectivity index (χ3v) is 3.47. The van der Waals surface area contributed by atoms with Crippen molar-refractivity contribution in [2.45, 2.75) is 32.7 Å².